The highest BCUT2D eigenvalue weighted by Crippen LogP contribution is 2.26. The Morgan fingerprint density at radius 2 is 1.83 bits per heavy atom. The molecule has 7 nitrogen and oxygen atoms in total. The lowest BCUT2D eigenvalue weighted by Crippen LogP contribution is -2.34. The van der Waals surface area contributed by atoms with Crippen molar-refractivity contribution in [1.29, 1.82) is 0 Å². The van der Waals surface area contributed by atoms with Crippen molar-refractivity contribution in [2.75, 3.05) is 5.75 Å². The smallest absolute Gasteiger partial charge is 0.342 e. The molecule has 1 amide bonds. The van der Waals surface area contributed by atoms with Gasteiger partial charge in [0.15, 0.2) is 0 Å². The molecule has 4 aromatic rings. The van der Waals surface area contributed by atoms with Crippen LogP contribution in [-0.4, -0.2) is 28.1 Å². The molecule has 0 radical (unpaired) electrons. The van der Waals surface area contributed by atoms with Crippen LogP contribution in [0.3, 0.4) is 0 Å². The van der Waals surface area contributed by atoms with Crippen molar-refractivity contribution in [3.8, 4) is 22.8 Å². The molecule has 0 bridgehead atoms. The third-order valence-electron chi connectivity index (χ3n) is 5.58. The summed E-state index contributed by atoms with van der Waals surface area (Å²) >= 11 is 1.31. The maximum Gasteiger partial charge on any atom is 0.342 e. The molecule has 8 heteroatoms. The molecule has 1 heterocycles. The number of hydrogen-bond donors (Lipinski definition) is 2. The Morgan fingerprint density at radius 3 is 2.50 bits per heavy atom. The van der Waals surface area contributed by atoms with Crippen molar-refractivity contribution in [2.24, 2.45) is 5.10 Å². The molecule has 0 saturated heterocycles. The van der Waals surface area contributed by atoms with Gasteiger partial charge in [-0.2, -0.15) is 9.67 Å². The number of carbonyl (C=O) groups is 1. The zero-order chi connectivity index (χ0) is 25.7. The molecule has 0 unspecified atom stereocenters. The lowest BCUT2D eigenvalue weighted by atomic mass is 9.87. The van der Waals surface area contributed by atoms with Crippen molar-refractivity contribution in [3.05, 3.63) is 89.5 Å². The van der Waals surface area contributed by atoms with Gasteiger partial charge in [0.2, 0.25) is 0 Å². The molecular formula is C28H29N5O2S. The average molecular weight is 500 g/mol. The van der Waals surface area contributed by atoms with E-state index in [1.807, 2.05) is 23.6 Å². The number of thioether (sulfide) groups is 1. The Labute approximate surface area is 215 Å². The molecule has 2 N–H and O–H groups in total. The van der Waals surface area contributed by atoms with Gasteiger partial charge in [0.25, 0.3) is 11.7 Å². The average Bonchev–Trinajstić information content (AvgIpc) is 3.27. The second kappa shape index (κ2) is 10.8. The van der Waals surface area contributed by atoms with Gasteiger partial charge in [0.05, 0.1) is 22.6 Å². The third kappa shape index (κ3) is 6.20. The van der Waals surface area contributed by atoms with E-state index in [0.29, 0.717) is 10.7 Å². The summed E-state index contributed by atoms with van der Waals surface area (Å²) in [6.45, 7) is 8.62. The summed E-state index contributed by atoms with van der Waals surface area (Å²) in [5, 5.41) is 23.7. The van der Waals surface area contributed by atoms with Crippen LogP contribution < -0.4 is 15.1 Å². The van der Waals surface area contributed by atoms with Crippen LogP contribution in [0.5, 0.6) is 5.75 Å². The Morgan fingerprint density at radius 1 is 1.11 bits per heavy atom. The van der Waals surface area contributed by atoms with E-state index < -0.39 is 0 Å². The van der Waals surface area contributed by atoms with Crippen molar-refractivity contribution in [1.82, 2.24) is 15.6 Å². The quantitative estimate of drug-likeness (QED) is 0.172. The minimum Gasteiger partial charge on any atom is -0.872 e. The number of aromatic amines is 1. The molecule has 0 fully saturated rings. The van der Waals surface area contributed by atoms with Crippen LogP contribution in [-0.2, 0) is 10.2 Å². The minimum atomic E-state index is -0.274. The lowest BCUT2D eigenvalue weighted by molar-refractivity contribution is -0.625. The zero-order valence-corrected chi connectivity index (χ0v) is 21.6. The second-order valence-corrected chi connectivity index (χ2v) is 10.4. The van der Waals surface area contributed by atoms with E-state index in [-0.39, 0.29) is 22.8 Å². The van der Waals surface area contributed by atoms with Crippen LogP contribution in [0.4, 0.5) is 0 Å². The lowest BCUT2D eigenvalue weighted by Gasteiger charge is -2.18. The van der Waals surface area contributed by atoms with Crippen LogP contribution >= 0.6 is 11.8 Å². The Bertz CT molecular complexity index is 1370. The molecule has 0 atom stereocenters. The summed E-state index contributed by atoms with van der Waals surface area (Å²) in [7, 11) is 0. The first kappa shape index (κ1) is 25.2. The van der Waals surface area contributed by atoms with Crippen molar-refractivity contribution < 1.29 is 14.5 Å². The minimum absolute atomic E-state index is 0.0636. The SMILES string of the molecule is Cc1ccc(-[n+]2c(SCC(=O)N/N=C/c3cccc([O-])c3)n[nH]c2-c2ccc(C(C)(C)C)cc2)cc1. The summed E-state index contributed by atoms with van der Waals surface area (Å²) in [4.78, 5) is 12.4. The van der Waals surface area contributed by atoms with Gasteiger partial charge in [-0.15, -0.1) is 10.8 Å². The van der Waals surface area contributed by atoms with Crippen LogP contribution in [0.15, 0.2) is 83.1 Å². The number of rotatable bonds is 7. The maximum absolute atomic E-state index is 12.4. The van der Waals surface area contributed by atoms with Crippen LogP contribution in [0, 0.1) is 6.92 Å². The molecule has 0 saturated carbocycles. The van der Waals surface area contributed by atoms with E-state index >= 15 is 0 Å². The molecule has 184 valence electrons. The number of nitrogens with zero attached hydrogens (tertiary/aromatic N) is 3. The van der Waals surface area contributed by atoms with Gasteiger partial charge in [-0.05, 0) is 59.5 Å². The molecule has 3 aromatic carbocycles. The van der Waals surface area contributed by atoms with Gasteiger partial charge < -0.3 is 5.11 Å². The van der Waals surface area contributed by atoms with E-state index in [4.69, 9.17) is 0 Å². The number of aromatic nitrogens is 3. The van der Waals surface area contributed by atoms with Crippen LogP contribution in [0.25, 0.3) is 17.1 Å². The molecule has 0 aliphatic carbocycles. The predicted octanol–water partition coefficient (Wildman–Crippen LogP) is 4.28. The largest absolute Gasteiger partial charge is 0.872 e. The third-order valence-corrected chi connectivity index (χ3v) is 6.52. The molecule has 4 rings (SSSR count). The van der Waals surface area contributed by atoms with Crippen LogP contribution in [0.2, 0.25) is 0 Å². The number of hydrogen-bond acceptors (Lipinski definition) is 5. The van der Waals surface area contributed by atoms with Gasteiger partial charge in [0, 0.05) is 0 Å². The van der Waals surface area contributed by atoms with E-state index in [2.05, 4.69) is 77.9 Å². The predicted molar refractivity (Wildman–Crippen MR) is 141 cm³/mol. The van der Waals surface area contributed by atoms with Gasteiger partial charge >= 0.3 is 5.16 Å². The summed E-state index contributed by atoms with van der Waals surface area (Å²) in [5.74, 6) is 0.573. The van der Waals surface area contributed by atoms with Gasteiger partial charge in [-0.25, -0.2) is 5.43 Å². The summed E-state index contributed by atoms with van der Waals surface area (Å²) in [5.41, 5.74) is 7.55. The molecule has 0 aliphatic heterocycles. The van der Waals surface area contributed by atoms with Crippen molar-refractivity contribution in [3.63, 3.8) is 0 Å². The topological polar surface area (TPSA) is 97.1 Å². The summed E-state index contributed by atoms with van der Waals surface area (Å²) in [6.07, 6.45) is 1.45. The van der Waals surface area contributed by atoms with E-state index in [1.54, 1.807) is 12.1 Å². The number of benzene rings is 3. The fraction of sp³-hybridized carbons (Fsp3) is 0.214. The summed E-state index contributed by atoms with van der Waals surface area (Å²) < 4.78 is 2.02. The highest BCUT2D eigenvalue weighted by molar-refractivity contribution is 7.99. The number of nitrogens with one attached hydrogen (secondary N) is 2. The second-order valence-electron chi connectivity index (χ2n) is 9.51. The number of aryl methyl sites for hydroxylation is 1. The van der Waals surface area contributed by atoms with Gasteiger partial charge in [-0.3, -0.25) is 4.79 Å². The van der Waals surface area contributed by atoms with E-state index in [9.17, 15) is 9.90 Å². The highest BCUT2D eigenvalue weighted by atomic mass is 32.2. The molecule has 1 aromatic heterocycles. The van der Waals surface area contributed by atoms with E-state index in [0.717, 1.165) is 22.6 Å². The molecule has 0 spiro atoms. The fourth-order valence-electron chi connectivity index (χ4n) is 3.58. The Kier molecular flexibility index (Phi) is 7.55. The Hall–Kier alpha value is -3.91. The number of amides is 1. The first-order chi connectivity index (χ1) is 17.2. The molecule has 0 aliphatic rings. The number of carbonyl (C=O) groups excluding carboxylic acids is 1. The highest BCUT2D eigenvalue weighted by Gasteiger charge is 2.25. The van der Waals surface area contributed by atoms with E-state index in [1.165, 1.54) is 35.7 Å². The van der Waals surface area contributed by atoms with Crippen molar-refractivity contribution in [2.45, 2.75) is 38.3 Å². The normalized spacial score (nSPS) is 11.7. The Balaban J connectivity index is 1.54. The standard InChI is InChI=1S/C28H29N5O2S/c1-19-8-14-23(15-9-19)33-26(21-10-12-22(13-11-21)28(2,3)4)31-32-27(33)36-18-25(35)30-29-17-20-6-5-7-24(34)16-20/h5-17H,18H2,1-4H3,(H2,30,34,35)/b29-17+. The number of hydrazone groups is 1. The van der Waals surface area contributed by atoms with Gasteiger partial charge in [0.1, 0.15) is 5.69 Å². The maximum atomic E-state index is 12.4. The van der Waals surface area contributed by atoms with Crippen LogP contribution in [0.1, 0.15) is 37.5 Å². The monoisotopic (exact) mass is 499 g/mol. The first-order valence-corrected chi connectivity index (χ1v) is 12.6. The zero-order valence-electron chi connectivity index (χ0n) is 20.8. The van der Waals surface area contributed by atoms with Crippen molar-refractivity contribution >= 4 is 23.9 Å². The molecular weight excluding hydrogens is 470 g/mol. The summed E-state index contributed by atoms with van der Waals surface area (Å²) in [6, 6.07) is 22.9. The first-order valence-electron chi connectivity index (χ1n) is 11.6. The van der Waals surface area contributed by atoms with Gasteiger partial charge in [-0.1, -0.05) is 74.9 Å². The molecule has 36 heavy (non-hydrogen) atoms. The number of H-pyrrole nitrogens is 1. The fourth-order valence-corrected chi connectivity index (χ4v) is 4.35.